The Morgan fingerprint density at radius 2 is 1.76 bits per heavy atom. The van der Waals surface area contributed by atoms with Crippen molar-refractivity contribution < 1.29 is 9.90 Å². The summed E-state index contributed by atoms with van der Waals surface area (Å²) in [5.74, 6) is -0.365. The predicted molar refractivity (Wildman–Crippen MR) is 140 cm³/mol. The number of H-pyrrole nitrogens is 1. The quantitative estimate of drug-likeness (QED) is 0.307. The minimum Gasteiger partial charge on any atom is -0.508 e. The van der Waals surface area contributed by atoms with E-state index in [4.69, 9.17) is 0 Å². The van der Waals surface area contributed by atoms with Gasteiger partial charge < -0.3 is 10.1 Å². The minimum absolute atomic E-state index is 0.112. The van der Waals surface area contributed by atoms with Gasteiger partial charge in [-0.1, -0.05) is 35.6 Å². The summed E-state index contributed by atoms with van der Waals surface area (Å²) in [7, 11) is 0. The van der Waals surface area contributed by atoms with Crippen molar-refractivity contribution in [3.05, 3.63) is 110 Å². The molecule has 0 bridgehead atoms. The summed E-state index contributed by atoms with van der Waals surface area (Å²) in [6.45, 7) is 0. The van der Waals surface area contributed by atoms with Gasteiger partial charge in [0, 0.05) is 5.56 Å². The predicted octanol–water partition coefficient (Wildman–Crippen LogP) is 3.55. The highest BCUT2D eigenvalue weighted by Gasteiger charge is 2.14. The molecule has 0 aliphatic heterocycles. The van der Waals surface area contributed by atoms with Crippen LogP contribution in [0.5, 0.6) is 5.75 Å². The molecule has 0 saturated heterocycles. The number of anilines is 1. The van der Waals surface area contributed by atoms with Gasteiger partial charge in [-0.15, -0.1) is 10.2 Å². The van der Waals surface area contributed by atoms with Crippen molar-refractivity contribution in [1.82, 2.24) is 19.7 Å². The molecule has 3 aromatic carbocycles. The van der Waals surface area contributed by atoms with E-state index in [1.165, 1.54) is 36.4 Å². The van der Waals surface area contributed by atoms with Crippen molar-refractivity contribution in [3.63, 3.8) is 0 Å². The molecule has 0 unspecified atom stereocenters. The summed E-state index contributed by atoms with van der Waals surface area (Å²) >= 11 is 1.03. The average Bonchev–Trinajstić information content (AvgIpc) is 3.37. The van der Waals surface area contributed by atoms with Crippen LogP contribution >= 0.6 is 11.3 Å². The van der Waals surface area contributed by atoms with Gasteiger partial charge >= 0.3 is 5.69 Å². The van der Waals surface area contributed by atoms with Crippen LogP contribution in [0.2, 0.25) is 0 Å². The topological polar surface area (TPSA) is 154 Å². The van der Waals surface area contributed by atoms with Crippen LogP contribution in [-0.2, 0) is 0 Å². The fraction of sp³-hybridized carbons (Fsp3) is 0. The van der Waals surface area contributed by atoms with E-state index >= 15 is 0 Å². The Morgan fingerprint density at radius 1 is 1.03 bits per heavy atom. The Morgan fingerprint density at radius 3 is 2.49 bits per heavy atom. The number of rotatable bonds is 5. The number of nitrogens with one attached hydrogen (secondary N) is 2. The number of aromatic amines is 1. The number of para-hydroxylation sites is 1. The Hall–Kier alpha value is -5.34. The lowest BCUT2D eigenvalue weighted by molar-refractivity contribution is 0.102. The maximum atomic E-state index is 12.8. The molecule has 180 valence electrons. The molecular formula is C26H16N6O4S. The average molecular weight is 509 g/mol. The van der Waals surface area contributed by atoms with E-state index in [0.717, 1.165) is 15.9 Å². The SMILES string of the molecule is N#C/C(=C/c1ccc(O)cc1)c1nnc(NC(=O)c2ccc(-n3c(=O)[nH]c4ccccc4c3=O)cc2)s1. The van der Waals surface area contributed by atoms with Gasteiger partial charge in [-0.2, -0.15) is 5.26 Å². The number of fused-ring (bicyclic) bond motifs is 1. The van der Waals surface area contributed by atoms with Crippen LogP contribution in [0.15, 0.2) is 82.4 Å². The zero-order chi connectivity index (χ0) is 25.9. The number of aromatic nitrogens is 4. The highest BCUT2D eigenvalue weighted by molar-refractivity contribution is 7.16. The number of amides is 1. The highest BCUT2D eigenvalue weighted by atomic mass is 32.1. The second-order valence-corrected chi connectivity index (χ2v) is 8.77. The van der Waals surface area contributed by atoms with Crippen molar-refractivity contribution in [1.29, 1.82) is 5.26 Å². The Labute approximate surface area is 212 Å². The third-order valence-electron chi connectivity index (χ3n) is 5.39. The lowest BCUT2D eigenvalue weighted by atomic mass is 10.1. The third kappa shape index (κ3) is 4.77. The van der Waals surface area contributed by atoms with Gasteiger partial charge in [0.05, 0.1) is 22.2 Å². The fourth-order valence-electron chi connectivity index (χ4n) is 3.59. The summed E-state index contributed by atoms with van der Waals surface area (Å²) in [6.07, 6.45) is 1.60. The van der Waals surface area contributed by atoms with E-state index in [0.29, 0.717) is 27.2 Å². The zero-order valence-corrected chi connectivity index (χ0v) is 19.7. The van der Waals surface area contributed by atoms with Crippen molar-refractivity contribution >= 4 is 44.9 Å². The maximum Gasteiger partial charge on any atom is 0.333 e. The molecule has 0 fully saturated rings. The standard InChI is InChI=1S/C26H16N6O4S/c27-14-17(13-15-5-11-19(33)12-6-15)23-30-31-25(37-23)29-22(34)16-7-9-18(10-8-16)32-24(35)20-3-1-2-4-21(20)28-26(32)36/h1-13,33H,(H,28,36)(H,29,31,34)/b17-13-. The summed E-state index contributed by atoms with van der Waals surface area (Å²) in [5, 5.41) is 30.4. The number of hydrogen-bond acceptors (Lipinski definition) is 8. The van der Waals surface area contributed by atoms with Gasteiger partial charge in [-0.25, -0.2) is 9.36 Å². The second kappa shape index (κ2) is 9.73. The van der Waals surface area contributed by atoms with Crippen LogP contribution in [0.3, 0.4) is 0 Å². The largest absolute Gasteiger partial charge is 0.508 e. The molecule has 10 nitrogen and oxygen atoms in total. The number of nitriles is 1. The van der Waals surface area contributed by atoms with Crippen LogP contribution in [0.25, 0.3) is 28.2 Å². The number of aromatic hydroxyl groups is 1. The van der Waals surface area contributed by atoms with Crippen LogP contribution in [-0.4, -0.2) is 30.8 Å². The van der Waals surface area contributed by atoms with Gasteiger partial charge in [0.15, 0.2) is 5.01 Å². The first kappa shape index (κ1) is 23.4. The fourth-order valence-corrected chi connectivity index (χ4v) is 4.29. The van der Waals surface area contributed by atoms with Gasteiger partial charge in [0.25, 0.3) is 11.5 Å². The van der Waals surface area contributed by atoms with E-state index in [-0.39, 0.29) is 22.0 Å². The van der Waals surface area contributed by atoms with Crippen molar-refractivity contribution in [3.8, 4) is 17.5 Å². The molecule has 2 aromatic heterocycles. The molecule has 37 heavy (non-hydrogen) atoms. The Kier molecular flexibility index (Phi) is 6.15. The number of carbonyl (C=O) groups excluding carboxylic acids is 1. The minimum atomic E-state index is -0.587. The second-order valence-electron chi connectivity index (χ2n) is 7.79. The first-order valence-electron chi connectivity index (χ1n) is 10.8. The summed E-state index contributed by atoms with van der Waals surface area (Å²) in [6, 6.07) is 21.1. The van der Waals surface area contributed by atoms with Gasteiger partial charge in [-0.05, 0) is 60.2 Å². The normalized spacial score (nSPS) is 11.3. The Bertz CT molecular complexity index is 1830. The van der Waals surface area contributed by atoms with Gasteiger partial charge in [0.2, 0.25) is 5.13 Å². The molecule has 3 N–H and O–H groups in total. The van der Waals surface area contributed by atoms with Crippen molar-refractivity contribution in [2.45, 2.75) is 0 Å². The number of benzene rings is 3. The highest BCUT2D eigenvalue weighted by Crippen LogP contribution is 2.25. The smallest absolute Gasteiger partial charge is 0.333 e. The summed E-state index contributed by atoms with van der Waals surface area (Å²) in [4.78, 5) is 40.7. The van der Waals surface area contributed by atoms with Crippen LogP contribution in [0.1, 0.15) is 20.9 Å². The number of hydrogen-bond donors (Lipinski definition) is 3. The molecule has 0 radical (unpaired) electrons. The Balaban J connectivity index is 1.35. The molecule has 5 rings (SSSR count). The molecule has 0 aliphatic carbocycles. The monoisotopic (exact) mass is 508 g/mol. The van der Waals surface area contributed by atoms with Gasteiger partial charge in [-0.3, -0.25) is 14.9 Å². The van der Waals surface area contributed by atoms with Crippen LogP contribution < -0.4 is 16.6 Å². The van der Waals surface area contributed by atoms with E-state index in [2.05, 4.69) is 26.6 Å². The molecular weight excluding hydrogens is 492 g/mol. The third-order valence-corrected chi connectivity index (χ3v) is 6.27. The first-order valence-corrected chi connectivity index (χ1v) is 11.6. The van der Waals surface area contributed by atoms with E-state index in [9.17, 15) is 24.8 Å². The molecule has 5 aromatic rings. The van der Waals surface area contributed by atoms with Crippen LogP contribution in [0, 0.1) is 11.3 Å². The molecule has 1 amide bonds. The molecule has 0 spiro atoms. The molecule has 2 heterocycles. The van der Waals surface area contributed by atoms with Crippen molar-refractivity contribution in [2.75, 3.05) is 5.32 Å². The van der Waals surface area contributed by atoms with Crippen LogP contribution in [0.4, 0.5) is 5.13 Å². The first-order chi connectivity index (χ1) is 17.9. The van der Waals surface area contributed by atoms with E-state index in [1.807, 2.05) is 0 Å². The number of carbonyl (C=O) groups is 1. The van der Waals surface area contributed by atoms with E-state index < -0.39 is 17.2 Å². The zero-order valence-electron chi connectivity index (χ0n) is 18.9. The summed E-state index contributed by atoms with van der Waals surface area (Å²) in [5.41, 5.74) is 0.913. The van der Waals surface area contributed by atoms with E-state index in [1.54, 1.807) is 42.5 Å². The number of phenols is 1. The maximum absolute atomic E-state index is 12.8. The molecule has 0 atom stereocenters. The molecule has 11 heteroatoms. The lowest BCUT2D eigenvalue weighted by Gasteiger charge is -2.07. The summed E-state index contributed by atoms with van der Waals surface area (Å²) < 4.78 is 1.00. The van der Waals surface area contributed by atoms with Gasteiger partial charge in [0.1, 0.15) is 11.8 Å². The van der Waals surface area contributed by atoms with Crippen molar-refractivity contribution in [2.24, 2.45) is 0 Å². The number of phenolic OH excluding ortho intramolecular Hbond substituents is 1. The lowest BCUT2D eigenvalue weighted by Crippen LogP contribution is -2.33. The molecule has 0 aliphatic rings. The number of nitrogens with zero attached hydrogens (tertiary/aromatic N) is 4. The molecule has 0 saturated carbocycles. The number of allylic oxidation sites excluding steroid dienone is 1.